The molecule has 0 N–H and O–H groups in total. The van der Waals surface area contributed by atoms with E-state index in [0.717, 1.165) is 67.9 Å². The molecule has 3 aliphatic heterocycles. The van der Waals surface area contributed by atoms with Crippen LogP contribution in [0.2, 0.25) is 13.1 Å². The highest BCUT2D eigenvalue weighted by molar-refractivity contribution is 6.98. The molecule has 0 amide bonds. The van der Waals surface area contributed by atoms with Gasteiger partial charge in [0, 0.05) is 49.2 Å². The molecule has 45 heavy (non-hydrogen) atoms. The van der Waals surface area contributed by atoms with Crippen LogP contribution in [0.5, 0.6) is 0 Å². The quantitative estimate of drug-likeness (QED) is 0.200. The largest absolute Gasteiger partial charge is 0.545 e. The first-order valence-corrected chi connectivity index (χ1v) is 17.6. The SMILES string of the molecule is COCOC(C#N)(C#N)c1c(F)c(F)c(C(=O)[O-])c(C2=C3C=CC(=[N+]4CCC4)C=C3[Si](C)(C)c3cc(N4CCC4)ccc32)c1F. The number of ether oxygens (including phenoxy) is 2. The lowest BCUT2D eigenvalue weighted by molar-refractivity contribution is -0.582. The van der Waals surface area contributed by atoms with Crippen molar-refractivity contribution < 1.29 is 37.1 Å². The molecule has 0 atom stereocenters. The monoisotopic (exact) mass is 630 g/mol. The molecule has 4 aliphatic rings. The van der Waals surface area contributed by atoms with Crippen LogP contribution in [0, 0.1) is 40.1 Å². The molecule has 1 aliphatic carbocycles. The van der Waals surface area contributed by atoms with E-state index in [-0.39, 0.29) is 5.57 Å². The Bertz CT molecular complexity index is 1860. The molecule has 0 bridgehead atoms. The Morgan fingerprint density at radius 3 is 2.36 bits per heavy atom. The highest BCUT2D eigenvalue weighted by Gasteiger charge is 2.47. The lowest BCUT2D eigenvalue weighted by Gasteiger charge is -2.40. The Kier molecular flexibility index (Phi) is 7.56. The Balaban J connectivity index is 1.74. The maximum absolute atomic E-state index is 17.0. The molecule has 6 rings (SSSR count). The summed E-state index contributed by atoms with van der Waals surface area (Å²) in [5, 5.41) is 34.1. The summed E-state index contributed by atoms with van der Waals surface area (Å²) in [5.41, 5.74) is -3.71. The maximum atomic E-state index is 17.0. The first kappa shape index (κ1) is 30.5. The Labute approximate surface area is 259 Å². The Morgan fingerprint density at radius 2 is 1.80 bits per heavy atom. The first-order chi connectivity index (χ1) is 21.5. The number of benzene rings is 2. The van der Waals surface area contributed by atoms with Crippen molar-refractivity contribution in [3.8, 4) is 12.1 Å². The van der Waals surface area contributed by atoms with Crippen LogP contribution in [0.25, 0.3) is 5.57 Å². The van der Waals surface area contributed by atoms with Crippen molar-refractivity contribution >= 4 is 36.2 Å². The molecular formula is C33H29F3N4O4Si. The van der Waals surface area contributed by atoms with Gasteiger partial charge in [-0.05, 0) is 51.7 Å². The summed E-state index contributed by atoms with van der Waals surface area (Å²) >= 11 is 0. The molecule has 8 nitrogen and oxygen atoms in total. The molecule has 230 valence electrons. The number of halogens is 3. The molecule has 3 heterocycles. The maximum Gasteiger partial charge on any atom is 0.275 e. The number of carbonyl (C=O) groups excluding carboxylic acids is 1. The van der Waals surface area contributed by atoms with Crippen molar-refractivity contribution in [2.24, 2.45) is 0 Å². The molecular weight excluding hydrogens is 601 g/mol. The molecule has 2 aromatic carbocycles. The standard InChI is InChI=1S/C33H29F3N4O4Si/c1-43-18-44-33(16-37,17-38)28-29(34)26(27(32(41)42)30(35)31(28)36)25-21-8-6-19(39-10-4-11-39)14-23(21)45(2,3)24-15-20(7-9-22(24)25)40-12-5-13-40/h6-9,14-15H,4-5,10-13,18H2,1-3H3. The summed E-state index contributed by atoms with van der Waals surface area (Å²) in [4.78, 5) is 14.7. The van der Waals surface area contributed by atoms with Crippen LogP contribution >= 0.6 is 0 Å². The van der Waals surface area contributed by atoms with Gasteiger partial charge in [-0.3, -0.25) is 0 Å². The van der Waals surface area contributed by atoms with Gasteiger partial charge >= 0.3 is 0 Å². The van der Waals surface area contributed by atoms with Crippen molar-refractivity contribution in [2.75, 3.05) is 45.0 Å². The molecule has 0 saturated carbocycles. The summed E-state index contributed by atoms with van der Waals surface area (Å²) in [5.74, 6) is -7.78. The number of carboxylic acids is 1. The lowest BCUT2D eigenvalue weighted by Crippen LogP contribution is -2.50. The van der Waals surface area contributed by atoms with Gasteiger partial charge in [-0.1, -0.05) is 19.2 Å². The van der Waals surface area contributed by atoms with E-state index < -0.39 is 60.6 Å². The highest BCUT2D eigenvalue weighted by Crippen LogP contribution is 2.46. The lowest BCUT2D eigenvalue weighted by atomic mass is 9.83. The average Bonchev–Trinajstić information content (AvgIpc) is 2.96. The van der Waals surface area contributed by atoms with Crippen LogP contribution in [0.15, 0.2) is 47.2 Å². The second-order valence-corrected chi connectivity index (χ2v) is 16.3. The molecule has 2 fully saturated rings. The molecule has 0 radical (unpaired) electrons. The van der Waals surface area contributed by atoms with Crippen LogP contribution in [-0.2, 0) is 15.1 Å². The predicted molar refractivity (Wildman–Crippen MR) is 160 cm³/mol. The minimum Gasteiger partial charge on any atom is -0.545 e. The van der Waals surface area contributed by atoms with Gasteiger partial charge in [-0.15, -0.1) is 0 Å². The summed E-state index contributed by atoms with van der Waals surface area (Å²) in [6, 6.07) is 8.49. The van der Waals surface area contributed by atoms with Gasteiger partial charge in [0.1, 0.15) is 45.9 Å². The number of methoxy groups -OCH3 is 1. The van der Waals surface area contributed by atoms with Crippen molar-refractivity contribution in [1.82, 2.24) is 0 Å². The number of carboxylic acid groups (broad SMARTS) is 1. The third-order valence-corrected chi connectivity index (χ3v) is 12.7. The fourth-order valence-corrected chi connectivity index (χ4v) is 9.52. The highest BCUT2D eigenvalue weighted by atomic mass is 28.3. The van der Waals surface area contributed by atoms with E-state index in [0.29, 0.717) is 11.1 Å². The number of allylic oxidation sites excluding steroid dienone is 5. The number of nitriles is 2. The second-order valence-electron chi connectivity index (χ2n) is 12.0. The zero-order chi connectivity index (χ0) is 32.3. The molecule has 2 aromatic rings. The van der Waals surface area contributed by atoms with E-state index in [2.05, 4.69) is 22.6 Å². The number of anilines is 1. The number of rotatable bonds is 7. The van der Waals surface area contributed by atoms with Gasteiger partial charge in [-0.2, -0.15) is 10.5 Å². The number of nitrogens with zero attached hydrogens (tertiary/aromatic N) is 4. The average molecular weight is 631 g/mol. The van der Waals surface area contributed by atoms with E-state index in [4.69, 9.17) is 9.47 Å². The third kappa shape index (κ3) is 4.55. The van der Waals surface area contributed by atoms with Crippen molar-refractivity contribution in [2.45, 2.75) is 31.5 Å². The zero-order valence-electron chi connectivity index (χ0n) is 25.0. The zero-order valence-corrected chi connectivity index (χ0v) is 26.0. The van der Waals surface area contributed by atoms with Crippen molar-refractivity contribution in [3.63, 3.8) is 0 Å². The Hall–Kier alpha value is -4.49. The second kappa shape index (κ2) is 11.1. The number of aromatic carboxylic acids is 1. The Morgan fingerprint density at radius 1 is 1.09 bits per heavy atom. The van der Waals surface area contributed by atoms with Gasteiger partial charge in [-0.25, -0.2) is 17.7 Å². The molecule has 2 saturated heterocycles. The van der Waals surface area contributed by atoms with E-state index in [9.17, 15) is 20.4 Å². The van der Waals surface area contributed by atoms with Crippen LogP contribution < -0.4 is 15.2 Å². The molecule has 0 aromatic heterocycles. The van der Waals surface area contributed by atoms with E-state index >= 15 is 13.2 Å². The summed E-state index contributed by atoms with van der Waals surface area (Å²) in [6.45, 7) is 7.03. The van der Waals surface area contributed by atoms with E-state index in [1.807, 2.05) is 24.3 Å². The van der Waals surface area contributed by atoms with Gasteiger partial charge in [0.25, 0.3) is 5.60 Å². The number of hydrogen-bond acceptors (Lipinski definition) is 7. The smallest absolute Gasteiger partial charge is 0.275 e. The van der Waals surface area contributed by atoms with Crippen molar-refractivity contribution in [3.05, 3.63) is 86.9 Å². The van der Waals surface area contributed by atoms with Gasteiger partial charge in [0.05, 0.1) is 18.0 Å². The number of hydrogen-bond donors (Lipinski definition) is 0. The van der Waals surface area contributed by atoms with Crippen LogP contribution in [0.1, 0.15) is 39.9 Å². The molecule has 0 unspecified atom stereocenters. The minimum atomic E-state index is -3.00. The minimum absolute atomic E-state index is 0.00511. The molecule has 0 spiro atoms. The topological polar surface area (TPSA) is 112 Å². The van der Waals surface area contributed by atoms with Gasteiger partial charge in [0.2, 0.25) is 0 Å². The van der Waals surface area contributed by atoms with Crippen molar-refractivity contribution in [1.29, 1.82) is 10.5 Å². The number of carbonyl (C=O) groups is 1. The summed E-state index contributed by atoms with van der Waals surface area (Å²) in [7, 11) is -1.42. The van der Waals surface area contributed by atoms with Crippen LogP contribution in [0.4, 0.5) is 18.9 Å². The van der Waals surface area contributed by atoms with E-state index in [1.165, 1.54) is 12.1 Å². The third-order valence-electron chi connectivity index (χ3n) is 9.17. The van der Waals surface area contributed by atoms with E-state index in [1.54, 1.807) is 12.1 Å². The number of fused-ring (bicyclic) bond motifs is 2. The first-order valence-electron chi connectivity index (χ1n) is 14.6. The molecule has 12 heteroatoms. The van der Waals surface area contributed by atoms with Gasteiger partial charge < -0.3 is 24.3 Å². The van der Waals surface area contributed by atoms with Crippen LogP contribution in [-0.4, -0.2) is 64.4 Å². The summed E-state index contributed by atoms with van der Waals surface area (Å²) in [6.07, 6.45) is 7.70. The predicted octanol–water partition coefficient (Wildman–Crippen LogP) is 3.16. The normalized spacial score (nSPS) is 18.3. The van der Waals surface area contributed by atoms with Crippen LogP contribution in [0.3, 0.4) is 0 Å². The fraction of sp³-hybridized carbons (Fsp3) is 0.333. The fourth-order valence-electron chi connectivity index (χ4n) is 6.45. The summed E-state index contributed by atoms with van der Waals surface area (Å²) < 4.78 is 60.7. The van der Waals surface area contributed by atoms with Gasteiger partial charge in [0.15, 0.2) is 17.3 Å².